The molecule has 0 aromatic carbocycles. The molecule has 0 aromatic heterocycles. The lowest BCUT2D eigenvalue weighted by Crippen LogP contribution is -1.94. The Hall–Kier alpha value is -0.370. The summed E-state index contributed by atoms with van der Waals surface area (Å²) in [7, 11) is 0. The van der Waals surface area contributed by atoms with E-state index in [-0.39, 0.29) is 12.2 Å². The molecule has 0 aromatic rings. The van der Waals surface area contributed by atoms with E-state index in [1.807, 2.05) is 0 Å². The first-order valence-electron chi connectivity index (χ1n) is 6.49. The molecule has 0 aliphatic carbocycles. The normalized spacial score (nSPS) is 24.1. The molecule has 88 valence electrons. The molecular weight excluding hydrogens is 188 g/mol. The minimum absolute atomic E-state index is 0.0606. The third-order valence-corrected chi connectivity index (χ3v) is 3.10. The fourth-order valence-corrected chi connectivity index (χ4v) is 1.99. The number of hydrogen-bond acceptors (Lipinski definition) is 2. The highest BCUT2D eigenvalue weighted by atomic mass is 16.6. The Bertz CT molecular complexity index is 168. The highest BCUT2D eigenvalue weighted by Crippen LogP contribution is 2.25. The third-order valence-electron chi connectivity index (χ3n) is 3.10. The van der Waals surface area contributed by atoms with E-state index in [2.05, 4.69) is 6.92 Å². The van der Waals surface area contributed by atoms with Crippen molar-refractivity contribution in [1.82, 2.24) is 0 Å². The Morgan fingerprint density at radius 2 is 1.60 bits per heavy atom. The molecule has 0 radical (unpaired) electrons. The van der Waals surface area contributed by atoms with Crippen LogP contribution in [-0.2, 0) is 9.53 Å². The summed E-state index contributed by atoms with van der Waals surface area (Å²) in [6.07, 6.45) is 13.0. The van der Waals surface area contributed by atoms with Crippen molar-refractivity contribution in [1.29, 1.82) is 0 Å². The molecule has 1 saturated heterocycles. The monoisotopic (exact) mass is 212 g/mol. The quantitative estimate of drug-likeness (QED) is 0.315. The zero-order valence-corrected chi connectivity index (χ0v) is 9.91. The molecular formula is C13H24O2. The van der Waals surface area contributed by atoms with Crippen LogP contribution in [-0.4, -0.2) is 18.5 Å². The van der Waals surface area contributed by atoms with Crippen LogP contribution in [0.5, 0.6) is 0 Å². The van der Waals surface area contributed by atoms with Crippen LogP contribution in [0.3, 0.4) is 0 Å². The van der Waals surface area contributed by atoms with Crippen LogP contribution < -0.4 is 0 Å². The van der Waals surface area contributed by atoms with Gasteiger partial charge in [-0.15, -0.1) is 0 Å². The number of unbranched alkanes of at least 4 members (excludes halogenated alkanes) is 7. The van der Waals surface area contributed by atoms with Gasteiger partial charge in [-0.3, -0.25) is 0 Å². The summed E-state index contributed by atoms with van der Waals surface area (Å²) in [6, 6.07) is 0. The van der Waals surface area contributed by atoms with Crippen LogP contribution >= 0.6 is 0 Å². The first-order valence-corrected chi connectivity index (χ1v) is 6.49. The van der Waals surface area contributed by atoms with E-state index in [4.69, 9.17) is 4.74 Å². The van der Waals surface area contributed by atoms with Crippen LogP contribution in [0.1, 0.15) is 64.7 Å². The maximum Gasteiger partial charge on any atom is 0.151 e. The average Bonchev–Trinajstić information content (AvgIpc) is 3.01. The van der Waals surface area contributed by atoms with Gasteiger partial charge in [0, 0.05) is 0 Å². The van der Waals surface area contributed by atoms with Crippen molar-refractivity contribution in [3.8, 4) is 0 Å². The summed E-state index contributed by atoms with van der Waals surface area (Å²) in [6.45, 7) is 2.25. The Balaban J connectivity index is 1.72. The zero-order chi connectivity index (χ0) is 10.9. The lowest BCUT2D eigenvalue weighted by Gasteiger charge is -2.00. The van der Waals surface area contributed by atoms with E-state index in [1.54, 1.807) is 0 Å². The van der Waals surface area contributed by atoms with E-state index in [1.165, 1.54) is 51.4 Å². The van der Waals surface area contributed by atoms with Crippen LogP contribution in [0.15, 0.2) is 0 Å². The second-order valence-electron chi connectivity index (χ2n) is 4.54. The molecule has 1 aliphatic rings. The molecule has 0 amide bonds. The second-order valence-corrected chi connectivity index (χ2v) is 4.54. The number of carbonyl (C=O) groups is 1. The number of epoxide rings is 1. The van der Waals surface area contributed by atoms with Gasteiger partial charge in [-0.25, -0.2) is 0 Å². The van der Waals surface area contributed by atoms with Crippen molar-refractivity contribution in [2.75, 3.05) is 0 Å². The number of carbonyl (C=O) groups excluding carboxylic acids is 1. The van der Waals surface area contributed by atoms with Crippen molar-refractivity contribution in [2.45, 2.75) is 76.9 Å². The van der Waals surface area contributed by atoms with Gasteiger partial charge in [0.1, 0.15) is 6.10 Å². The maximum atomic E-state index is 10.3. The lowest BCUT2D eigenvalue weighted by atomic mass is 10.1. The standard InChI is InChI=1S/C13H24O2/c1-2-3-4-5-6-7-8-9-10-12-13(11-14)15-12/h11-13H,2-10H2,1H3/t12-,13+/m0/s1. The SMILES string of the molecule is CCCCCCCCCC[C@@H]1O[C@@H]1C=O. The molecule has 2 heteroatoms. The summed E-state index contributed by atoms with van der Waals surface area (Å²) in [4.78, 5) is 10.3. The fourth-order valence-electron chi connectivity index (χ4n) is 1.99. The van der Waals surface area contributed by atoms with Crippen molar-refractivity contribution in [3.05, 3.63) is 0 Å². The minimum Gasteiger partial charge on any atom is -0.362 e. The van der Waals surface area contributed by atoms with Gasteiger partial charge in [0.25, 0.3) is 0 Å². The molecule has 0 spiro atoms. The minimum atomic E-state index is -0.0606. The number of hydrogen-bond donors (Lipinski definition) is 0. The summed E-state index contributed by atoms with van der Waals surface area (Å²) >= 11 is 0. The predicted molar refractivity (Wildman–Crippen MR) is 62.0 cm³/mol. The molecule has 1 rings (SSSR count). The molecule has 0 bridgehead atoms. The largest absolute Gasteiger partial charge is 0.362 e. The molecule has 15 heavy (non-hydrogen) atoms. The third kappa shape index (κ3) is 5.93. The van der Waals surface area contributed by atoms with Gasteiger partial charge in [-0.1, -0.05) is 58.3 Å². The summed E-state index contributed by atoms with van der Waals surface area (Å²) < 4.78 is 5.16. The first-order chi connectivity index (χ1) is 7.38. The highest BCUT2D eigenvalue weighted by molar-refractivity contribution is 5.60. The predicted octanol–water partition coefficient (Wildman–Crippen LogP) is 3.48. The molecule has 0 unspecified atom stereocenters. The Kier molecular flexibility index (Phi) is 6.66. The van der Waals surface area contributed by atoms with Crippen molar-refractivity contribution in [2.24, 2.45) is 0 Å². The molecule has 2 atom stereocenters. The summed E-state index contributed by atoms with van der Waals surface area (Å²) in [5.74, 6) is 0. The van der Waals surface area contributed by atoms with E-state index in [0.29, 0.717) is 0 Å². The molecule has 1 aliphatic heterocycles. The molecule has 0 N–H and O–H groups in total. The number of ether oxygens (including phenoxy) is 1. The van der Waals surface area contributed by atoms with E-state index in [0.717, 1.165) is 12.7 Å². The second kappa shape index (κ2) is 7.86. The molecule has 1 fully saturated rings. The van der Waals surface area contributed by atoms with Gasteiger partial charge in [0.2, 0.25) is 0 Å². The van der Waals surface area contributed by atoms with Gasteiger partial charge in [-0.2, -0.15) is 0 Å². The van der Waals surface area contributed by atoms with E-state index >= 15 is 0 Å². The van der Waals surface area contributed by atoms with Gasteiger partial charge in [-0.05, 0) is 6.42 Å². The van der Waals surface area contributed by atoms with Crippen molar-refractivity contribution < 1.29 is 9.53 Å². The molecule has 2 nitrogen and oxygen atoms in total. The number of aldehydes is 1. The fraction of sp³-hybridized carbons (Fsp3) is 0.923. The van der Waals surface area contributed by atoms with Crippen LogP contribution in [0.4, 0.5) is 0 Å². The maximum absolute atomic E-state index is 10.3. The highest BCUT2D eigenvalue weighted by Gasteiger charge is 2.37. The Morgan fingerprint density at radius 1 is 1.00 bits per heavy atom. The van der Waals surface area contributed by atoms with Crippen molar-refractivity contribution in [3.63, 3.8) is 0 Å². The molecule has 0 saturated carbocycles. The van der Waals surface area contributed by atoms with Crippen LogP contribution in [0.25, 0.3) is 0 Å². The first kappa shape index (κ1) is 12.7. The van der Waals surface area contributed by atoms with Gasteiger partial charge >= 0.3 is 0 Å². The smallest absolute Gasteiger partial charge is 0.151 e. The summed E-state index contributed by atoms with van der Waals surface area (Å²) in [5, 5.41) is 0. The summed E-state index contributed by atoms with van der Waals surface area (Å²) in [5.41, 5.74) is 0. The van der Waals surface area contributed by atoms with Crippen LogP contribution in [0, 0.1) is 0 Å². The lowest BCUT2D eigenvalue weighted by molar-refractivity contribution is -0.108. The van der Waals surface area contributed by atoms with Crippen molar-refractivity contribution >= 4 is 6.29 Å². The number of rotatable bonds is 10. The Labute approximate surface area is 93.4 Å². The van der Waals surface area contributed by atoms with Gasteiger partial charge < -0.3 is 9.53 Å². The Morgan fingerprint density at radius 3 is 2.13 bits per heavy atom. The zero-order valence-electron chi connectivity index (χ0n) is 9.91. The van der Waals surface area contributed by atoms with E-state index < -0.39 is 0 Å². The van der Waals surface area contributed by atoms with Gasteiger partial charge in [0.15, 0.2) is 6.29 Å². The molecule has 1 heterocycles. The van der Waals surface area contributed by atoms with Crippen LogP contribution in [0.2, 0.25) is 0 Å². The average molecular weight is 212 g/mol. The topological polar surface area (TPSA) is 29.6 Å². The van der Waals surface area contributed by atoms with E-state index in [9.17, 15) is 4.79 Å². The van der Waals surface area contributed by atoms with Gasteiger partial charge in [0.05, 0.1) is 6.10 Å².